The Kier molecular flexibility index (Phi) is 6.88. The van der Waals surface area contributed by atoms with E-state index in [0.29, 0.717) is 0 Å². The van der Waals surface area contributed by atoms with Gasteiger partial charge in [-0.15, -0.1) is 6.58 Å². The van der Waals surface area contributed by atoms with Gasteiger partial charge in [-0.25, -0.2) is 9.59 Å². The molecule has 0 aliphatic heterocycles. The van der Waals surface area contributed by atoms with Crippen LogP contribution >= 0.6 is 11.8 Å². The van der Waals surface area contributed by atoms with E-state index < -0.39 is 22.1 Å². The minimum atomic E-state index is -1.55. The molecule has 23 heavy (non-hydrogen) atoms. The van der Waals surface area contributed by atoms with Gasteiger partial charge in [0.2, 0.25) is 4.75 Å². The third-order valence-electron chi connectivity index (χ3n) is 3.56. The summed E-state index contributed by atoms with van der Waals surface area (Å²) in [6, 6.07) is 9.27. The molecule has 0 spiro atoms. The third-order valence-corrected chi connectivity index (χ3v) is 5.23. The molecule has 0 aliphatic carbocycles. The van der Waals surface area contributed by atoms with Crippen molar-refractivity contribution in [1.29, 1.82) is 0 Å². The molecule has 0 amide bonds. The van der Waals surface area contributed by atoms with E-state index in [-0.39, 0.29) is 13.2 Å². The number of thioether (sulfide) groups is 1. The van der Waals surface area contributed by atoms with Crippen LogP contribution in [-0.2, 0) is 19.1 Å². The molecule has 0 fully saturated rings. The van der Waals surface area contributed by atoms with E-state index in [1.807, 2.05) is 30.3 Å². The number of hydrogen-bond donors (Lipinski definition) is 0. The maximum atomic E-state index is 12.8. The highest BCUT2D eigenvalue weighted by molar-refractivity contribution is 8.02. The van der Waals surface area contributed by atoms with Crippen LogP contribution in [0.25, 0.3) is 0 Å². The fraction of sp³-hybridized carbons (Fsp3) is 0.444. The summed E-state index contributed by atoms with van der Waals surface area (Å²) in [5, 5.41) is 0. The SMILES string of the molecule is C=CC(C)(C)C(Sc1ccccc1)(C(=O)OCC)C(=O)OCC. The predicted octanol–water partition coefficient (Wildman–Crippen LogP) is 3.86. The molecule has 0 N–H and O–H groups in total. The van der Waals surface area contributed by atoms with Crippen molar-refractivity contribution in [2.75, 3.05) is 13.2 Å². The summed E-state index contributed by atoms with van der Waals surface area (Å²) < 4.78 is 8.90. The molecule has 0 aromatic heterocycles. The maximum absolute atomic E-state index is 12.8. The van der Waals surface area contributed by atoms with Crippen LogP contribution in [-0.4, -0.2) is 29.9 Å². The van der Waals surface area contributed by atoms with Gasteiger partial charge in [0.15, 0.2) is 0 Å². The summed E-state index contributed by atoms with van der Waals surface area (Å²) in [7, 11) is 0. The van der Waals surface area contributed by atoms with Gasteiger partial charge in [0, 0.05) is 10.3 Å². The Balaban J connectivity index is 3.48. The molecular weight excluding hydrogens is 312 g/mol. The number of carbonyl (C=O) groups excluding carboxylic acids is 2. The van der Waals surface area contributed by atoms with Gasteiger partial charge in [-0.1, -0.05) is 49.9 Å². The van der Waals surface area contributed by atoms with Crippen LogP contribution in [0.5, 0.6) is 0 Å². The maximum Gasteiger partial charge on any atom is 0.335 e. The summed E-state index contributed by atoms with van der Waals surface area (Å²) in [4.78, 5) is 26.4. The zero-order valence-electron chi connectivity index (χ0n) is 14.1. The Morgan fingerprint density at radius 3 is 1.96 bits per heavy atom. The Morgan fingerprint density at radius 2 is 1.57 bits per heavy atom. The van der Waals surface area contributed by atoms with Crippen LogP contribution in [0.15, 0.2) is 47.9 Å². The second kappa shape index (κ2) is 8.20. The lowest BCUT2D eigenvalue weighted by Gasteiger charge is -2.39. The van der Waals surface area contributed by atoms with Crippen molar-refractivity contribution in [3.05, 3.63) is 43.0 Å². The number of ether oxygens (including phenoxy) is 2. The fourth-order valence-electron chi connectivity index (χ4n) is 2.10. The predicted molar refractivity (Wildman–Crippen MR) is 92.3 cm³/mol. The van der Waals surface area contributed by atoms with Crippen molar-refractivity contribution < 1.29 is 19.1 Å². The van der Waals surface area contributed by atoms with Gasteiger partial charge < -0.3 is 9.47 Å². The molecule has 0 atom stereocenters. The van der Waals surface area contributed by atoms with Crippen molar-refractivity contribution in [2.45, 2.75) is 37.3 Å². The average Bonchev–Trinajstić information content (AvgIpc) is 2.53. The monoisotopic (exact) mass is 336 g/mol. The number of esters is 2. The number of hydrogen-bond acceptors (Lipinski definition) is 5. The van der Waals surface area contributed by atoms with Crippen molar-refractivity contribution in [3.63, 3.8) is 0 Å². The van der Waals surface area contributed by atoms with Gasteiger partial charge in [-0.05, 0) is 26.0 Å². The van der Waals surface area contributed by atoms with Gasteiger partial charge in [0.05, 0.1) is 13.2 Å². The van der Waals surface area contributed by atoms with Crippen molar-refractivity contribution in [1.82, 2.24) is 0 Å². The normalized spacial score (nSPS) is 11.7. The molecule has 0 heterocycles. The average molecular weight is 336 g/mol. The minimum Gasteiger partial charge on any atom is -0.464 e. The Bertz CT molecular complexity index is 533. The van der Waals surface area contributed by atoms with E-state index in [1.165, 1.54) is 0 Å². The Morgan fingerprint density at radius 1 is 1.09 bits per heavy atom. The molecule has 0 unspecified atom stereocenters. The zero-order valence-corrected chi connectivity index (χ0v) is 14.9. The van der Waals surface area contributed by atoms with E-state index in [2.05, 4.69) is 6.58 Å². The first-order chi connectivity index (χ1) is 10.9. The molecule has 0 bridgehead atoms. The van der Waals surface area contributed by atoms with Crippen molar-refractivity contribution in [2.24, 2.45) is 5.41 Å². The van der Waals surface area contributed by atoms with E-state index in [0.717, 1.165) is 16.7 Å². The van der Waals surface area contributed by atoms with E-state index in [4.69, 9.17) is 9.47 Å². The van der Waals surface area contributed by atoms with Crippen LogP contribution < -0.4 is 0 Å². The van der Waals surface area contributed by atoms with Crippen LogP contribution in [0.1, 0.15) is 27.7 Å². The van der Waals surface area contributed by atoms with Gasteiger partial charge >= 0.3 is 11.9 Å². The lowest BCUT2D eigenvalue weighted by molar-refractivity contribution is -0.162. The van der Waals surface area contributed by atoms with Crippen molar-refractivity contribution >= 4 is 23.7 Å². The van der Waals surface area contributed by atoms with E-state index in [9.17, 15) is 9.59 Å². The smallest absolute Gasteiger partial charge is 0.335 e. The summed E-state index contributed by atoms with van der Waals surface area (Å²) in [6.07, 6.45) is 1.59. The summed E-state index contributed by atoms with van der Waals surface area (Å²) in [5.41, 5.74) is -0.869. The zero-order chi connectivity index (χ0) is 17.5. The molecular formula is C18H24O4S. The number of carbonyl (C=O) groups is 2. The molecule has 0 radical (unpaired) electrons. The molecule has 126 valence electrons. The fourth-order valence-corrected chi connectivity index (χ4v) is 3.38. The minimum absolute atomic E-state index is 0.183. The standard InChI is InChI=1S/C18H24O4S/c1-6-17(4,5)18(15(19)21-7-2,16(20)22-8-3)23-14-12-10-9-11-13-14/h6,9-13H,1,7-8H2,2-5H3. The lowest BCUT2D eigenvalue weighted by Crippen LogP contribution is -2.55. The number of rotatable bonds is 8. The molecule has 5 heteroatoms. The summed E-state index contributed by atoms with van der Waals surface area (Å²) in [5.74, 6) is -1.23. The molecule has 1 aromatic rings. The molecule has 0 aliphatic rings. The molecule has 0 saturated heterocycles. The van der Waals surface area contributed by atoms with Crippen molar-refractivity contribution in [3.8, 4) is 0 Å². The second-order valence-electron chi connectivity index (χ2n) is 5.46. The number of benzene rings is 1. The quantitative estimate of drug-likeness (QED) is 0.312. The second-order valence-corrected chi connectivity index (χ2v) is 6.75. The highest BCUT2D eigenvalue weighted by atomic mass is 32.2. The van der Waals surface area contributed by atoms with Gasteiger partial charge in [0.1, 0.15) is 0 Å². The van der Waals surface area contributed by atoms with Crippen LogP contribution in [0.2, 0.25) is 0 Å². The molecule has 1 rings (SSSR count). The molecule has 1 aromatic carbocycles. The third kappa shape index (κ3) is 3.96. The largest absolute Gasteiger partial charge is 0.464 e. The highest BCUT2D eigenvalue weighted by Crippen LogP contribution is 2.48. The van der Waals surface area contributed by atoms with Gasteiger partial charge in [-0.2, -0.15) is 0 Å². The Labute approximate surface area is 142 Å². The summed E-state index contributed by atoms with van der Waals surface area (Å²) >= 11 is 1.14. The van der Waals surface area contributed by atoms with Gasteiger partial charge in [0.25, 0.3) is 0 Å². The first kappa shape index (κ1) is 19.3. The van der Waals surface area contributed by atoms with Crippen LogP contribution in [0, 0.1) is 5.41 Å². The Hall–Kier alpha value is -1.75. The van der Waals surface area contributed by atoms with Crippen LogP contribution in [0.4, 0.5) is 0 Å². The molecule has 4 nitrogen and oxygen atoms in total. The van der Waals surface area contributed by atoms with Gasteiger partial charge in [-0.3, -0.25) is 0 Å². The molecule has 0 saturated carbocycles. The van der Waals surface area contributed by atoms with Crippen LogP contribution in [0.3, 0.4) is 0 Å². The first-order valence-corrected chi connectivity index (χ1v) is 8.39. The van der Waals surface area contributed by atoms with E-state index in [1.54, 1.807) is 33.8 Å². The number of allylic oxidation sites excluding steroid dienone is 1. The van der Waals surface area contributed by atoms with E-state index >= 15 is 0 Å². The summed E-state index contributed by atoms with van der Waals surface area (Å²) in [6.45, 7) is 11.1. The lowest BCUT2D eigenvalue weighted by atomic mass is 9.78. The highest BCUT2D eigenvalue weighted by Gasteiger charge is 2.59. The topological polar surface area (TPSA) is 52.6 Å². The first-order valence-electron chi connectivity index (χ1n) is 7.57.